The third kappa shape index (κ3) is 1.70. The molecule has 2 unspecified atom stereocenters. The van der Waals surface area contributed by atoms with Crippen LogP contribution in [-0.4, -0.2) is 11.6 Å². The lowest BCUT2D eigenvalue weighted by Gasteiger charge is -2.69. The van der Waals surface area contributed by atoms with Gasteiger partial charge >= 0.3 is 0 Å². The lowest BCUT2D eigenvalue weighted by Crippen LogP contribution is -2.73. The van der Waals surface area contributed by atoms with E-state index in [0.717, 1.165) is 11.1 Å². The minimum atomic E-state index is -0.779. The van der Waals surface area contributed by atoms with Gasteiger partial charge in [-0.05, 0) is 36.1 Å². The maximum Gasteiger partial charge on any atom is 0.166 e. The topological polar surface area (TPSA) is 34.1 Å². The molecule has 0 saturated heterocycles. The Bertz CT molecular complexity index is 855. The maximum absolute atomic E-state index is 13.4. The minimum absolute atomic E-state index is 0.0783. The lowest BCUT2D eigenvalue weighted by molar-refractivity contribution is -0.174. The molecule has 2 aromatic rings. The van der Waals surface area contributed by atoms with E-state index in [4.69, 9.17) is 0 Å². The number of fused-ring (bicyclic) bond motifs is 1. The number of benzene rings is 2. The molecule has 25 heavy (non-hydrogen) atoms. The van der Waals surface area contributed by atoms with E-state index in [-0.39, 0.29) is 11.6 Å². The molecular weight excluding hydrogens is 308 g/mol. The quantitative estimate of drug-likeness (QED) is 0.813. The van der Waals surface area contributed by atoms with Crippen molar-refractivity contribution in [2.24, 2.45) is 10.8 Å². The number of allylic oxidation sites excluding steroid dienone is 2. The van der Waals surface area contributed by atoms with Crippen LogP contribution in [-0.2, 0) is 15.0 Å². The Morgan fingerprint density at radius 3 is 1.76 bits per heavy atom. The Morgan fingerprint density at radius 1 is 0.800 bits per heavy atom. The fraction of sp³-hybridized carbons (Fsp3) is 0.304. The molecule has 0 aliphatic heterocycles. The zero-order valence-electron chi connectivity index (χ0n) is 14.9. The first-order valence-corrected chi connectivity index (χ1v) is 8.76. The highest BCUT2D eigenvalue weighted by Crippen LogP contribution is 2.73. The Morgan fingerprint density at radius 2 is 1.28 bits per heavy atom. The number of hydrogen-bond donors (Lipinski definition) is 0. The Labute approximate surface area is 148 Å². The summed E-state index contributed by atoms with van der Waals surface area (Å²) in [6, 6.07) is 20.4. The first kappa shape index (κ1) is 16.0. The summed E-state index contributed by atoms with van der Waals surface area (Å²) in [6.07, 6.45) is 2.20. The molecule has 2 atom stereocenters. The average Bonchev–Trinajstić information content (AvgIpc) is 2.64. The van der Waals surface area contributed by atoms with Crippen LogP contribution in [0.15, 0.2) is 72.3 Å². The van der Waals surface area contributed by atoms with Crippen molar-refractivity contribution >= 4 is 11.6 Å². The molecule has 0 amide bonds. The summed E-state index contributed by atoms with van der Waals surface area (Å²) in [5, 5.41) is 0. The fourth-order valence-electron chi connectivity index (χ4n) is 5.24. The molecule has 2 aliphatic carbocycles. The fourth-order valence-corrected chi connectivity index (χ4v) is 5.24. The van der Waals surface area contributed by atoms with Crippen LogP contribution in [0.25, 0.3) is 0 Å². The zero-order chi connectivity index (χ0) is 17.9. The molecular formula is C23H22O2. The molecule has 4 rings (SSSR count). The second kappa shape index (κ2) is 5.01. The Kier molecular flexibility index (Phi) is 3.21. The van der Waals surface area contributed by atoms with Crippen LogP contribution in [0.1, 0.15) is 38.3 Å². The molecule has 0 heterocycles. The van der Waals surface area contributed by atoms with Crippen molar-refractivity contribution in [1.29, 1.82) is 0 Å². The van der Waals surface area contributed by atoms with Crippen molar-refractivity contribution in [3.63, 3.8) is 0 Å². The van der Waals surface area contributed by atoms with Gasteiger partial charge in [-0.15, -0.1) is 0 Å². The smallest absolute Gasteiger partial charge is 0.166 e. The maximum atomic E-state index is 13.4. The van der Waals surface area contributed by atoms with Crippen molar-refractivity contribution in [3.8, 4) is 0 Å². The summed E-state index contributed by atoms with van der Waals surface area (Å²) in [5.74, 6) is 0.170. The molecule has 2 heteroatoms. The number of ketones is 2. The van der Waals surface area contributed by atoms with Crippen molar-refractivity contribution in [1.82, 2.24) is 0 Å². The van der Waals surface area contributed by atoms with Crippen LogP contribution >= 0.6 is 0 Å². The standard InChI is InChI=1S/C23H22O2/c1-16-14-19(24)21(2)15-23(22(21,3)20(16)25,17-10-6-4-7-11-17)18-12-8-5-9-13-18/h4-14H,15H2,1-3H3. The van der Waals surface area contributed by atoms with Crippen LogP contribution in [0.3, 0.4) is 0 Å². The molecule has 2 nitrogen and oxygen atoms in total. The Balaban J connectivity index is 2.04. The van der Waals surface area contributed by atoms with Crippen molar-refractivity contribution in [3.05, 3.63) is 83.4 Å². The van der Waals surface area contributed by atoms with E-state index in [9.17, 15) is 9.59 Å². The first-order valence-electron chi connectivity index (χ1n) is 8.76. The van der Waals surface area contributed by atoms with Crippen LogP contribution in [0, 0.1) is 10.8 Å². The summed E-state index contributed by atoms with van der Waals surface area (Å²) in [6.45, 7) is 5.72. The number of carbonyl (C=O) groups excluding carboxylic acids is 2. The monoisotopic (exact) mass is 330 g/mol. The van der Waals surface area contributed by atoms with E-state index >= 15 is 0 Å². The molecule has 0 aromatic heterocycles. The minimum Gasteiger partial charge on any atom is -0.294 e. The van der Waals surface area contributed by atoms with Gasteiger partial charge in [-0.25, -0.2) is 0 Å². The van der Waals surface area contributed by atoms with E-state index < -0.39 is 16.2 Å². The van der Waals surface area contributed by atoms with Gasteiger partial charge in [-0.1, -0.05) is 74.5 Å². The molecule has 1 fully saturated rings. The third-order valence-corrected chi connectivity index (χ3v) is 6.81. The van der Waals surface area contributed by atoms with Gasteiger partial charge < -0.3 is 0 Å². The SMILES string of the molecule is CC1=CC(=O)C2(C)CC(c3ccccc3)(c3ccccc3)C2(C)C1=O. The summed E-state index contributed by atoms with van der Waals surface area (Å²) < 4.78 is 0. The normalized spacial score (nSPS) is 30.3. The third-order valence-electron chi connectivity index (χ3n) is 6.81. The predicted molar refractivity (Wildman–Crippen MR) is 98.3 cm³/mol. The summed E-state index contributed by atoms with van der Waals surface area (Å²) in [7, 11) is 0. The molecule has 126 valence electrons. The van der Waals surface area contributed by atoms with Crippen LogP contribution in [0.4, 0.5) is 0 Å². The van der Waals surface area contributed by atoms with Gasteiger partial charge in [-0.2, -0.15) is 0 Å². The molecule has 1 saturated carbocycles. The summed E-state index contributed by atoms with van der Waals surface area (Å²) in [4.78, 5) is 26.3. The second-order valence-corrected chi connectivity index (χ2v) is 7.79. The van der Waals surface area contributed by atoms with E-state index in [1.807, 2.05) is 50.2 Å². The van der Waals surface area contributed by atoms with Gasteiger partial charge in [0.05, 0.1) is 5.41 Å². The van der Waals surface area contributed by atoms with Gasteiger partial charge in [0.25, 0.3) is 0 Å². The number of Topliss-reactive ketones (excluding diaryl/α,β-unsaturated/α-hetero) is 1. The van der Waals surface area contributed by atoms with E-state index in [1.54, 1.807) is 13.0 Å². The first-order chi connectivity index (χ1) is 11.9. The van der Waals surface area contributed by atoms with Crippen molar-refractivity contribution in [2.75, 3.05) is 0 Å². The van der Waals surface area contributed by atoms with Crippen molar-refractivity contribution < 1.29 is 9.59 Å². The van der Waals surface area contributed by atoms with Gasteiger partial charge in [0.1, 0.15) is 0 Å². The molecule has 2 aliphatic rings. The van der Waals surface area contributed by atoms with Gasteiger partial charge in [0.2, 0.25) is 0 Å². The predicted octanol–water partition coefficient (Wildman–Crippen LogP) is 4.49. The summed E-state index contributed by atoms with van der Waals surface area (Å²) in [5.41, 5.74) is 0.871. The van der Waals surface area contributed by atoms with E-state index in [1.165, 1.54) is 0 Å². The van der Waals surface area contributed by atoms with Gasteiger partial charge in [-0.3, -0.25) is 9.59 Å². The molecule has 0 spiro atoms. The zero-order valence-corrected chi connectivity index (χ0v) is 14.9. The van der Waals surface area contributed by atoms with Crippen LogP contribution < -0.4 is 0 Å². The largest absolute Gasteiger partial charge is 0.294 e. The van der Waals surface area contributed by atoms with Crippen molar-refractivity contribution in [2.45, 2.75) is 32.6 Å². The van der Waals surface area contributed by atoms with Gasteiger partial charge in [0, 0.05) is 10.8 Å². The number of hydrogen-bond acceptors (Lipinski definition) is 2. The average molecular weight is 330 g/mol. The number of rotatable bonds is 2. The highest BCUT2D eigenvalue weighted by Gasteiger charge is 2.76. The van der Waals surface area contributed by atoms with E-state index in [0.29, 0.717) is 12.0 Å². The Hall–Kier alpha value is -2.48. The van der Waals surface area contributed by atoms with Crippen LogP contribution in [0.5, 0.6) is 0 Å². The highest BCUT2D eigenvalue weighted by atomic mass is 16.1. The van der Waals surface area contributed by atoms with E-state index in [2.05, 4.69) is 24.3 Å². The molecule has 2 aromatic carbocycles. The summed E-state index contributed by atoms with van der Waals surface area (Å²) >= 11 is 0. The lowest BCUT2D eigenvalue weighted by atomic mass is 9.31. The molecule has 0 radical (unpaired) electrons. The van der Waals surface area contributed by atoms with Crippen LogP contribution in [0.2, 0.25) is 0 Å². The van der Waals surface area contributed by atoms with Gasteiger partial charge in [0.15, 0.2) is 11.6 Å². The molecule has 0 N–H and O–H groups in total. The molecule has 0 bridgehead atoms. The second-order valence-electron chi connectivity index (χ2n) is 7.79. The highest BCUT2D eigenvalue weighted by molar-refractivity contribution is 6.16. The number of carbonyl (C=O) groups is 2.